The van der Waals surface area contributed by atoms with E-state index in [0.29, 0.717) is 23.2 Å². The predicted molar refractivity (Wildman–Crippen MR) is 84.5 cm³/mol. The van der Waals surface area contributed by atoms with Crippen LogP contribution in [0.3, 0.4) is 0 Å². The van der Waals surface area contributed by atoms with E-state index in [2.05, 4.69) is 32.2 Å². The van der Waals surface area contributed by atoms with Crippen LogP contribution in [0.15, 0.2) is 18.7 Å². The average Bonchev–Trinajstić information content (AvgIpc) is 3.11. The first-order valence-electron chi connectivity index (χ1n) is 7.14. The molecule has 0 aliphatic heterocycles. The molecule has 0 amide bonds. The Balaban J connectivity index is 1.79. The topological polar surface area (TPSA) is 94.5 Å². The zero-order valence-corrected chi connectivity index (χ0v) is 12.8. The van der Waals surface area contributed by atoms with E-state index in [4.69, 9.17) is 5.73 Å². The van der Waals surface area contributed by atoms with Gasteiger partial charge in [-0.3, -0.25) is 4.57 Å². The molecule has 2 heterocycles. The first-order chi connectivity index (χ1) is 10.3. The molecule has 112 valence electrons. The summed E-state index contributed by atoms with van der Waals surface area (Å²) in [7, 11) is 0. The third kappa shape index (κ3) is 3.26. The molecule has 0 aromatic carbocycles. The van der Waals surface area contributed by atoms with Crippen LogP contribution in [0.1, 0.15) is 26.2 Å². The summed E-state index contributed by atoms with van der Waals surface area (Å²) in [5, 5.41) is 4.04. The maximum absolute atomic E-state index is 5.79. The third-order valence-corrected chi connectivity index (χ3v) is 4.85. The molecule has 8 heteroatoms. The van der Waals surface area contributed by atoms with Crippen molar-refractivity contribution in [2.75, 3.05) is 16.8 Å². The Kier molecular flexibility index (Phi) is 4.23. The molecule has 1 fully saturated rings. The van der Waals surface area contributed by atoms with Gasteiger partial charge in [0.1, 0.15) is 6.33 Å². The molecule has 0 spiro atoms. The van der Waals surface area contributed by atoms with E-state index in [1.165, 1.54) is 12.8 Å². The first-order valence-corrected chi connectivity index (χ1v) is 8.19. The lowest BCUT2D eigenvalue weighted by Gasteiger charge is -2.20. The number of nitrogens with zero attached hydrogens (tertiary/aromatic N) is 5. The normalized spacial score (nSPS) is 21.6. The summed E-state index contributed by atoms with van der Waals surface area (Å²) in [5.74, 6) is 2.37. The summed E-state index contributed by atoms with van der Waals surface area (Å²) < 4.78 is 1.72. The standard InChI is InChI=1S/C13H19N7S/c1-2-21-10-5-3-4-9(10)16-12-17-11(14)18-13(19-12)20-7-6-15-8-20/h6-10H,2-5H2,1H3,(H3,14,16,17,18,19). The van der Waals surface area contributed by atoms with E-state index in [1.54, 1.807) is 23.3 Å². The number of aromatic nitrogens is 5. The highest BCUT2D eigenvalue weighted by molar-refractivity contribution is 7.99. The summed E-state index contributed by atoms with van der Waals surface area (Å²) in [6, 6.07) is 0.396. The van der Waals surface area contributed by atoms with Crippen LogP contribution in [0.4, 0.5) is 11.9 Å². The molecule has 1 saturated carbocycles. The minimum atomic E-state index is 0.217. The van der Waals surface area contributed by atoms with Crippen LogP contribution in [0.2, 0.25) is 0 Å². The molecule has 2 unspecified atom stereocenters. The predicted octanol–water partition coefficient (Wildman–Crippen LogP) is 1.73. The Morgan fingerprint density at radius 3 is 3.05 bits per heavy atom. The fourth-order valence-corrected chi connectivity index (χ4v) is 3.81. The smallest absolute Gasteiger partial charge is 0.241 e. The molecular formula is C13H19N7S. The molecule has 0 bridgehead atoms. The van der Waals surface area contributed by atoms with Gasteiger partial charge >= 0.3 is 0 Å². The molecule has 1 aliphatic carbocycles. The van der Waals surface area contributed by atoms with Crippen molar-refractivity contribution < 1.29 is 0 Å². The number of imidazole rings is 1. The van der Waals surface area contributed by atoms with Crippen molar-refractivity contribution in [2.45, 2.75) is 37.5 Å². The van der Waals surface area contributed by atoms with Crippen molar-refractivity contribution >= 4 is 23.7 Å². The van der Waals surface area contributed by atoms with E-state index >= 15 is 0 Å². The second kappa shape index (κ2) is 6.30. The second-order valence-electron chi connectivity index (χ2n) is 4.96. The molecule has 2 atom stereocenters. The van der Waals surface area contributed by atoms with Crippen molar-refractivity contribution in [1.82, 2.24) is 24.5 Å². The molecule has 0 radical (unpaired) electrons. The van der Waals surface area contributed by atoms with Crippen molar-refractivity contribution in [2.24, 2.45) is 0 Å². The van der Waals surface area contributed by atoms with E-state index in [9.17, 15) is 0 Å². The fraction of sp³-hybridized carbons (Fsp3) is 0.538. The molecule has 0 saturated heterocycles. The van der Waals surface area contributed by atoms with Gasteiger partial charge < -0.3 is 11.1 Å². The minimum absolute atomic E-state index is 0.217. The lowest BCUT2D eigenvalue weighted by molar-refractivity contribution is 0.750. The van der Waals surface area contributed by atoms with Gasteiger partial charge in [-0.25, -0.2) is 4.98 Å². The lowest BCUT2D eigenvalue weighted by atomic mass is 10.2. The quantitative estimate of drug-likeness (QED) is 0.868. The Morgan fingerprint density at radius 2 is 2.29 bits per heavy atom. The molecule has 1 aliphatic rings. The van der Waals surface area contributed by atoms with Gasteiger partial charge in [-0.05, 0) is 18.6 Å². The molecule has 21 heavy (non-hydrogen) atoms. The maximum atomic E-state index is 5.79. The van der Waals surface area contributed by atoms with Gasteiger partial charge in [-0.2, -0.15) is 26.7 Å². The number of thioether (sulfide) groups is 1. The molecule has 2 aromatic heterocycles. The number of rotatable bonds is 5. The summed E-state index contributed by atoms with van der Waals surface area (Å²) in [6.07, 6.45) is 8.73. The Hall–Kier alpha value is -1.83. The average molecular weight is 305 g/mol. The summed E-state index contributed by atoms with van der Waals surface area (Å²) in [4.78, 5) is 16.8. The molecule has 7 nitrogen and oxygen atoms in total. The zero-order chi connectivity index (χ0) is 14.7. The van der Waals surface area contributed by atoms with Crippen LogP contribution >= 0.6 is 11.8 Å². The van der Waals surface area contributed by atoms with Crippen LogP contribution < -0.4 is 11.1 Å². The summed E-state index contributed by atoms with van der Waals surface area (Å²) in [5.41, 5.74) is 5.79. The van der Waals surface area contributed by atoms with Gasteiger partial charge in [-0.15, -0.1) is 0 Å². The number of hydrogen-bond acceptors (Lipinski definition) is 7. The number of anilines is 2. The molecule has 2 aromatic rings. The van der Waals surface area contributed by atoms with Gasteiger partial charge in [0.25, 0.3) is 0 Å². The Morgan fingerprint density at radius 1 is 1.38 bits per heavy atom. The van der Waals surface area contributed by atoms with Crippen molar-refractivity contribution in [3.05, 3.63) is 18.7 Å². The lowest BCUT2D eigenvalue weighted by Crippen LogP contribution is -2.27. The number of nitrogens with two attached hydrogens (primary N) is 1. The fourth-order valence-electron chi connectivity index (χ4n) is 2.61. The number of hydrogen-bond donors (Lipinski definition) is 2. The van der Waals surface area contributed by atoms with Gasteiger partial charge in [0, 0.05) is 23.7 Å². The minimum Gasteiger partial charge on any atom is -0.368 e. The summed E-state index contributed by atoms with van der Waals surface area (Å²) in [6.45, 7) is 2.19. The van der Waals surface area contributed by atoms with E-state index in [0.717, 1.165) is 12.2 Å². The van der Waals surface area contributed by atoms with Gasteiger partial charge in [0.05, 0.1) is 0 Å². The number of nitrogen functional groups attached to an aromatic ring is 1. The van der Waals surface area contributed by atoms with Crippen LogP contribution in [0.5, 0.6) is 0 Å². The largest absolute Gasteiger partial charge is 0.368 e. The SMILES string of the molecule is CCSC1CCCC1Nc1nc(N)nc(-n2ccnc2)n1. The monoisotopic (exact) mass is 305 g/mol. The highest BCUT2D eigenvalue weighted by Crippen LogP contribution is 2.31. The van der Waals surface area contributed by atoms with Crippen LogP contribution in [0, 0.1) is 0 Å². The highest BCUT2D eigenvalue weighted by atomic mass is 32.2. The van der Waals surface area contributed by atoms with Crippen LogP contribution in [0.25, 0.3) is 5.95 Å². The zero-order valence-electron chi connectivity index (χ0n) is 11.9. The first kappa shape index (κ1) is 14.1. The molecule has 3 N–H and O–H groups in total. The Bertz CT molecular complexity index is 586. The van der Waals surface area contributed by atoms with Crippen molar-refractivity contribution in [3.8, 4) is 5.95 Å². The summed E-state index contributed by atoms with van der Waals surface area (Å²) >= 11 is 1.99. The van der Waals surface area contributed by atoms with Gasteiger partial charge in [0.15, 0.2) is 0 Å². The van der Waals surface area contributed by atoms with Gasteiger partial charge in [-0.1, -0.05) is 13.3 Å². The van der Waals surface area contributed by atoms with Crippen molar-refractivity contribution in [3.63, 3.8) is 0 Å². The maximum Gasteiger partial charge on any atom is 0.241 e. The van der Waals surface area contributed by atoms with Crippen LogP contribution in [-0.4, -0.2) is 41.5 Å². The highest BCUT2D eigenvalue weighted by Gasteiger charge is 2.27. The van der Waals surface area contributed by atoms with Gasteiger partial charge in [0.2, 0.25) is 17.8 Å². The van der Waals surface area contributed by atoms with Crippen molar-refractivity contribution in [1.29, 1.82) is 0 Å². The van der Waals surface area contributed by atoms with E-state index < -0.39 is 0 Å². The van der Waals surface area contributed by atoms with E-state index in [-0.39, 0.29) is 5.95 Å². The molecule has 3 rings (SSSR count). The van der Waals surface area contributed by atoms with E-state index in [1.807, 2.05) is 11.8 Å². The second-order valence-corrected chi connectivity index (χ2v) is 6.48. The molecular weight excluding hydrogens is 286 g/mol. The van der Waals surface area contributed by atoms with Crippen LogP contribution in [-0.2, 0) is 0 Å². The number of nitrogens with one attached hydrogen (secondary N) is 1. The Labute approximate surface area is 127 Å². The third-order valence-electron chi connectivity index (χ3n) is 3.52.